The molecule has 1 unspecified atom stereocenters. The first kappa shape index (κ1) is 17.8. The molecule has 1 atom stereocenters. The Morgan fingerprint density at radius 2 is 2.11 bits per heavy atom. The van der Waals surface area contributed by atoms with Gasteiger partial charge in [0.25, 0.3) is 5.91 Å². The van der Waals surface area contributed by atoms with Gasteiger partial charge < -0.3 is 14.2 Å². The monoisotopic (exact) mass is 385 g/mol. The zero-order valence-corrected chi connectivity index (χ0v) is 15.6. The molecule has 0 radical (unpaired) electrons. The van der Waals surface area contributed by atoms with Gasteiger partial charge in [0.05, 0.1) is 18.4 Å². The topological polar surface area (TPSA) is 82.6 Å². The molecule has 3 heterocycles. The lowest BCUT2D eigenvalue weighted by Gasteiger charge is -2.18. The van der Waals surface area contributed by atoms with Crippen molar-refractivity contribution < 1.29 is 19.0 Å². The molecule has 2 aromatic heterocycles. The zero-order chi connectivity index (χ0) is 18.6. The number of aromatic nitrogens is 2. The minimum atomic E-state index is -0.226. The van der Waals surface area contributed by atoms with Gasteiger partial charge in [-0.2, -0.15) is 0 Å². The number of benzene rings is 1. The number of anilines is 1. The summed E-state index contributed by atoms with van der Waals surface area (Å²) < 4.78 is 18.1. The van der Waals surface area contributed by atoms with Crippen molar-refractivity contribution in [2.45, 2.75) is 12.5 Å². The van der Waals surface area contributed by atoms with E-state index in [9.17, 15) is 4.79 Å². The lowest BCUT2D eigenvalue weighted by Crippen LogP contribution is -2.11. The van der Waals surface area contributed by atoms with E-state index in [0.29, 0.717) is 41.8 Å². The Hall–Kier alpha value is -2.55. The van der Waals surface area contributed by atoms with E-state index in [1.54, 1.807) is 31.6 Å². The number of hydrogen-bond donors (Lipinski definition) is 1. The SMILES string of the molecule is COc1c(C2COCCCO2)ccc2sc(NC(=O)c3ccncc3)nc12. The van der Waals surface area contributed by atoms with Gasteiger partial charge in [0.1, 0.15) is 11.6 Å². The van der Waals surface area contributed by atoms with Crippen molar-refractivity contribution in [2.75, 3.05) is 32.2 Å². The average molecular weight is 385 g/mol. The van der Waals surface area contributed by atoms with Crippen LogP contribution in [0.3, 0.4) is 0 Å². The van der Waals surface area contributed by atoms with E-state index in [-0.39, 0.29) is 12.0 Å². The van der Waals surface area contributed by atoms with E-state index in [1.165, 1.54) is 11.3 Å². The van der Waals surface area contributed by atoms with Crippen molar-refractivity contribution in [1.29, 1.82) is 0 Å². The molecule has 1 N–H and O–H groups in total. The molecule has 1 aliphatic rings. The van der Waals surface area contributed by atoms with Gasteiger partial charge in [-0.1, -0.05) is 17.4 Å². The highest BCUT2D eigenvalue weighted by atomic mass is 32.1. The van der Waals surface area contributed by atoms with Crippen LogP contribution in [0.5, 0.6) is 5.75 Å². The second-order valence-electron chi connectivity index (χ2n) is 6.03. The largest absolute Gasteiger partial charge is 0.494 e. The number of ether oxygens (including phenoxy) is 3. The van der Waals surface area contributed by atoms with Crippen molar-refractivity contribution in [2.24, 2.45) is 0 Å². The van der Waals surface area contributed by atoms with E-state index in [4.69, 9.17) is 14.2 Å². The van der Waals surface area contributed by atoms with Crippen molar-refractivity contribution >= 4 is 32.6 Å². The third kappa shape index (κ3) is 3.78. The first-order valence-corrected chi connectivity index (χ1v) is 9.46. The molecule has 1 fully saturated rings. The smallest absolute Gasteiger partial charge is 0.257 e. The minimum Gasteiger partial charge on any atom is -0.494 e. The van der Waals surface area contributed by atoms with Gasteiger partial charge in [-0.05, 0) is 24.6 Å². The summed E-state index contributed by atoms with van der Waals surface area (Å²) in [5.41, 5.74) is 2.14. The highest BCUT2D eigenvalue weighted by molar-refractivity contribution is 7.22. The molecular weight excluding hydrogens is 366 g/mol. The number of fused-ring (bicyclic) bond motifs is 1. The highest BCUT2D eigenvalue weighted by Crippen LogP contribution is 2.39. The van der Waals surface area contributed by atoms with Crippen LogP contribution in [0.1, 0.15) is 28.4 Å². The summed E-state index contributed by atoms with van der Waals surface area (Å²) in [6.07, 6.45) is 3.85. The summed E-state index contributed by atoms with van der Waals surface area (Å²) in [7, 11) is 1.62. The predicted octanol–water partition coefficient (Wildman–Crippen LogP) is 3.43. The van der Waals surface area contributed by atoms with E-state index >= 15 is 0 Å². The van der Waals surface area contributed by atoms with E-state index in [2.05, 4.69) is 15.3 Å². The summed E-state index contributed by atoms with van der Waals surface area (Å²) in [6.45, 7) is 1.83. The van der Waals surface area contributed by atoms with Gasteiger partial charge in [-0.25, -0.2) is 4.98 Å². The Morgan fingerprint density at radius 1 is 1.26 bits per heavy atom. The van der Waals surface area contributed by atoms with Crippen molar-refractivity contribution in [1.82, 2.24) is 9.97 Å². The molecule has 0 bridgehead atoms. The molecule has 3 aromatic rings. The number of hydrogen-bond acceptors (Lipinski definition) is 7. The van der Waals surface area contributed by atoms with E-state index in [0.717, 1.165) is 16.7 Å². The van der Waals surface area contributed by atoms with Crippen molar-refractivity contribution in [3.63, 3.8) is 0 Å². The summed E-state index contributed by atoms with van der Waals surface area (Å²) in [5.74, 6) is 0.430. The molecule has 4 rings (SSSR count). The summed E-state index contributed by atoms with van der Waals surface area (Å²) >= 11 is 1.40. The Balaban J connectivity index is 1.64. The molecular formula is C19H19N3O4S. The second-order valence-corrected chi connectivity index (χ2v) is 7.06. The quantitative estimate of drug-likeness (QED) is 0.741. The number of thiazole rings is 1. The summed E-state index contributed by atoms with van der Waals surface area (Å²) in [5, 5.41) is 3.35. The standard InChI is InChI=1S/C19H19N3O4S/c1-24-17-13(14-11-25-9-2-10-26-14)3-4-15-16(17)21-19(27-15)22-18(23)12-5-7-20-8-6-12/h3-8,14H,2,9-11H2,1H3,(H,21,22,23). The Morgan fingerprint density at radius 3 is 2.93 bits per heavy atom. The molecule has 8 heteroatoms. The second kappa shape index (κ2) is 7.99. The maximum absolute atomic E-state index is 12.4. The van der Waals surface area contributed by atoms with Crippen LogP contribution in [0.25, 0.3) is 10.2 Å². The third-order valence-electron chi connectivity index (χ3n) is 4.28. The minimum absolute atomic E-state index is 0.191. The molecule has 1 saturated heterocycles. The average Bonchev–Trinajstić information content (AvgIpc) is 2.92. The molecule has 7 nitrogen and oxygen atoms in total. The Bertz CT molecular complexity index is 937. The first-order chi connectivity index (χ1) is 13.3. The van der Waals surface area contributed by atoms with Crippen molar-refractivity contribution in [3.05, 3.63) is 47.8 Å². The third-order valence-corrected chi connectivity index (χ3v) is 5.22. The number of carbonyl (C=O) groups is 1. The van der Waals surface area contributed by atoms with Crippen LogP contribution in [0.4, 0.5) is 5.13 Å². The van der Waals surface area contributed by atoms with Crippen LogP contribution in [0, 0.1) is 0 Å². The lowest BCUT2D eigenvalue weighted by atomic mass is 10.1. The maximum Gasteiger partial charge on any atom is 0.257 e. The van der Waals surface area contributed by atoms with Gasteiger partial charge in [0, 0.05) is 36.7 Å². The molecule has 0 spiro atoms. The molecule has 1 aromatic carbocycles. The number of nitrogens with zero attached hydrogens (tertiary/aromatic N) is 2. The van der Waals surface area contributed by atoms with Crippen LogP contribution in [0.2, 0.25) is 0 Å². The number of nitrogens with one attached hydrogen (secondary N) is 1. The summed E-state index contributed by atoms with van der Waals surface area (Å²) in [6, 6.07) is 7.27. The fraction of sp³-hybridized carbons (Fsp3) is 0.316. The van der Waals surface area contributed by atoms with Crippen LogP contribution in [0.15, 0.2) is 36.7 Å². The maximum atomic E-state index is 12.4. The van der Waals surface area contributed by atoms with Gasteiger partial charge in [0.2, 0.25) is 0 Å². The fourth-order valence-corrected chi connectivity index (χ4v) is 3.84. The van der Waals surface area contributed by atoms with Crippen LogP contribution in [-0.4, -0.2) is 42.8 Å². The molecule has 1 aliphatic heterocycles. The van der Waals surface area contributed by atoms with Gasteiger partial charge in [-0.3, -0.25) is 15.1 Å². The number of rotatable bonds is 4. The zero-order valence-electron chi connectivity index (χ0n) is 14.8. The molecule has 140 valence electrons. The van der Waals surface area contributed by atoms with Gasteiger partial charge in [-0.15, -0.1) is 0 Å². The van der Waals surface area contributed by atoms with Crippen molar-refractivity contribution in [3.8, 4) is 5.75 Å². The van der Waals surface area contributed by atoms with Crippen LogP contribution in [-0.2, 0) is 9.47 Å². The molecule has 0 aliphatic carbocycles. The number of methoxy groups -OCH3 is 1. The first-order valence-electron chi connectivity index (χ1n) is 8.64. The number of pyridine rings is 1. The van der Waals surface area contributed by atoms with Crippen LogP contribution < -0.4 is 10.1 Å². The normalized spacial score (nSPS) is 17.4. The van der Waals surface area contributed by atoms with Crippen LogP contribution >= 0.6 is 11.3 Å². The molecule has 1 amide bonds. The molecule has 27 heavy (non-hydrogen) atoms. The van der Waals surface area contributed by atoms with E-state index < -0.39 is 0 Å². The van der Waals surface area contributed by atoms with Gasteiger partial charge in [0.15, 0.2) is 10.9 Å². The summed E-state index contributed by atoms with van der Waals surface area (Å²) in [4.78, 5) is 20.9. The Kier molecular flexibility index (Phi) is 5.28. The predicted molar refractivity (Wildman–Crippen MR) is 102 cm³/mol. The Labute approximate surface area is 160 Å². The highest BCUT2D eigenvalue weighted by Gasteiger charge is 2.23. The number of amides is 1. The fourth-order valence-electron chi connectivity index (χ4n) is 2.98. The van der Waals surface area contributed by atoms with Gasteiger partial charge >= 0.3 is 0 Å². The molecule has 0 saturated carbocycles. The van der Waals surface area contributed by atoms with E-state index in [1.807, 2.05) is 12.1 Å². The lowest BCUT2D eigenvalue weighted by molar-refractivity contribution is 0.0240. The number of carbonyl (C=O) groups excluding carboxylic acids is 1.